The van der Waals surface area contributed by atoms with Crippen LogP contribution in [0.25, 0.3) is 55.2 Å². The summed E-state index contributed by atoms with van der Waals surface area (Å²) in [7, 11) is 0. The molecule has 0 fully saturated rings. The van der Waals surface area contributed by atoms with Crippen molar-refractivity contribution >= 4 is 55.2 Å². The second-order valence-corrected chi connectivity index (χ2v) is 7.45. The van der Waals surface area contributed by atoms with Crippen molar-refractivity contribution in [3.05, 3.63) is 108 Å². The van der Waals surface area contributed by atoms with Crippen molar-refractivity contribution in [2.45, 2.75) is 0 Å². The predicted octanol–water partition coefficient (Wildman–Crippen LogP) is 7.91. The van der Waals surface area contributed by atoms with Gasteiger partial charge in [-0.3, -0.25) is 0 Å². The van der Waals surface area contributed by atoms with Gasteiger partial charge in [-0.25, -0.2) is 0 Å². The minimum absolute atomic E-state index is 1.23. The van der Waals surface area contributed by atoms with E-state index in [4.69, 9.17) is 0 Å². The molecule has 0 saturated carbocycles. The number of fused-ring (bicyclic) bond motifs is 1. The van der Waals surface area contributed by atoms with E-state index >= 15 is 0 Å². The fraction of sp³-hybridized carbons (Fsp3) is 0. The van der Waals surface area contributed by atoms with Crippen LogP contribution in [0.15, 0.2) is 97.1 Å². The molecule has 6 aromatic carbocycles. The summed E-state index contributed by atoms with van der Waals surface area (Å²) in [6, 6.07) is 35.2. The van der Waals surface area contributed by atoms with Crippen molar-refractivity contribution < 1.29 is 0 Å². The van der Waals surface area contributed by atoms with Crippen molar-refractivity contribution in [1.82, 2.24) is 0 Å². The summed E-state index contributed by atoms with van der Waals surface area (Å²) in [6.45, 7) is 0. The van der Waals surface area contributed by atoms with Gasteiger partial charge in [-0.05, 0) is 60.3 Å². The van der Waals surface area contributed by atoms with Gasteiger partial charge < -0.3 is 0 Å². The van der Waals surface area contributed by atoms with E-state index in [1.807, 2.05) is 0 Å². The molecule has 0 heteroatoms. The fourth-order valence-corrected chi connectivity index (χ4v) is 4.40. The van der Waals surface area contributed by atoms with E-state index in [2.05, 4.69) is 109 Å². The van der Waals surface area contributed by atoms with Crippen molar-refractivity contribution in [2.24, 2.45) is 0 Å². The zero-order valence-corrected chi connectivity index (χ0v) is 15.4. The summed E-state index contributed by atoms with van der Waals surface area (Å²) in [4.78, 5) is 0. The van der Waals surface area contributed by atoms with Crippen molar-refractivity contribution in [1.29, 1.82) is 0 Å². The monoisotopic (exact) mass is 354 g/mol. The minimum atomic E-state index is 1.23. The molecule has 0 amide bonds. The Morgan fingerprint density at radius 1 is 0.429 bits per heavy atom. The molecule has 0 N–H and O–H groups in total. The molecule has 0 aliphatic rings. The highest BCUT2D eigenvalue weighted by Crippen LogP contribution is 2.36. The zero-order valence-electron chi connectivity index (χ0n) is 15.4. The van der Waals surface area contributed by atoms with Gasteiger partial charge in [-0.2, -0.15) is 0 Å². The lowest BCUT2D eigenvalue weighted by Gasteiger charge is -2.12. The Bertz CT molecular complexity index is 1490. The largest absolute Gasteiger partial charge is 0.0616 e. The third-order valence-corrected chi connectivity index (χ3v) is 5.79. The molecule has 0 aliphatic heterocycles. The number of rotatable bonds is 2. The van der Waals surface area contributed by atoms with E-state index in [0.29, 0.717) is 0 Å². The Labute approximate surface area is 163 Å². The van der Waals surface area contributed by atoms with Crippen LogP contribution in [0.1, 0.15) is 11.1 Å². The SMILES string of the molecule is C(=C\c1ccc2ccc3cccc4ccc1c2c34)/c1ccc2ccccc2c1. The van der Waals surface area contributed by atoms with E-state index in [1.165, 1.54) is 54.2 Å². The van der Waals surface area contributed by atoms with Crippen LogP contribution in [0, 0.1) is 0 Å². The van der Waals surface area contributed by atoms with Crippen LogP contribution in [-0.2, 0) is 0 Å². The molecule has 28 heavy (non-hydrogen) atoms. The summed E-state index contributed by atoms with van der Waals surface area (Å²) in [5.74, 6) is 0. The molecule has 0 heterocycles. The van der Waals surface area contributed by atoms with Crippen LogP contribution in [0.2, 0.25) is 0 Å². The van der Waals surface area contributed by atoms with Gasteiger partial charge >= 0.3 is 0 Å². The molecule has 0 nitrogen and oxygen atoms in total. The van der Waals surface area contributed by atoms with Crippen LogP contribution in [0.3, 0.4) is 0 Å². The quantitative estimate of drug-likeness (QED) is 0.219. The number of benzene rings is 6. The van der Waals surface area contributed by atoms with Crippen LogP contribution in [0.4, 0.5) is 0 Å². The molecular formula is C28H18. The van der Waals surface area contributed by atoms with Gasteiger partial charge in [0.2, 0.25) is 0 Å². The standard InChI is InChI=1S/C28H18/c1-2-5-25-18-19(8-10-20(25)4-1)9-11-21-12-13-24-15-14-22-6-3-7-23-16-17-26(21)28(24)27(22)23/h1-18H/b11-9+. The Kier molecular flexibility index (Phi) is 3.27. The molecule has 0 spiro atoms. The van der Waals surface area contributed by atoms with Gasteiger partial charge in [-0.15, -0.1) is 0 Å². The molecule has 130 valence electrons. The zero-order chi connectivity index (χ0) is 18.5. The smallest absolute Gasteiger partial charge is 0.00208 e. The molecular weight excluding hydrogens is 336 g/mol. The maximum atomic E-state index is 2.27. The predicted molar refractivity (Wildman–Crippen MR) is 123 cm³/mol. The molecule has 0 bridgehead atoms. The summed E-state index contributed by atoms with van der Waals surface area (Å²) in [6.07, 6.45) is 4.47. The molecule has 6 aromatic rings. The minimum Gasteiger partial charge on any atom is -0.0616 e. The summed E-state index contributed by atoms with van der Waals surface area (Å²) in [5, 5.41) is 10.6. The first-order chi connectivity index (χ1) is 13.9. The third kappa shape index (κ3) is 2.32. The van der Waals surface area contributed by atoms with E-state index in [9.17, 15) is 0 Å². The second-order valence-electron chi connectivity index (χ2n) is 7.45. The van der Waals surface area contributed by atoms with E-state index in [-0.39, 0.29) is 0 Å². The average molecular weight is 354 g/mol. The number of hydrogen-bond acceptors (Lipinski definition) is 0. The first kappa shape index (κ1) is 15.4. The lowest BCUT2D eigenvalue weighted by atomic mass is 9.92. The lowest BCUT2D eigenvalue weighted by molar-refractivity contribution is 1.70. The summed E-state index contributed by atoms with van der Waals surface area (Å²) >= 11 is 0. The molecule has 0 unspecified atom stereocenters. The highest BCUT2D eigenvalue weighted by Gasteiger charge is 2.09. The van der Waals surface area contributed by atoms with Gasteiger partial charge in [0.05, 0.1) is 0 Å². The van der Waals surface area contributed by atoms with E-state index in [0.717, 1.165) is 0 Å². The van der Waals surface area contributed by atoms with Crippen LogP contribution >= 0.6 is 0 Å². The first-order valence-electron chi connectivity index (χ1n) is 9.70. The van der Waals surface area contributed by atoms with Crippen LogP contribution < -0.4 is 0 Å². The Balaban J connectivity index is 1.54. The Morgan fingerprint density at radius 3 is 1.93 bits per heavy atom. The molecule has 0 aliphatic carbocycles. The molecule has 0 aromatic heterocycles. The average Bonchev–Trinajstić information content (AvgIpc) is 2.76. The molecule has 6 rings (SSSR count). The Hall–Kier alpha value is -3.64. The lowest BCUT2D eigenvalue weighted by Crippen LogP contribution is -1.86. The maximum Gasteiger partial charge on any atom is -0.00208 e. The van der Waals surface area contributed by atoms with Crippen molar-refractivity contribution in [2.75, 3.05) is 0 Å². The summed E-state index contributed by atoms with van der Waals surface area (Å²) < 4.78 is 0. The summed E-state index contributed by atoms with van der Waals surface area (Å²) in [5.41, 5.74) is 2.49. The number of hydrogen-bond donors (Lipinski definition) is 0. The highest BCUT2D eigenvalue weighted by atomic mass is 14.1. The van der Waals surface area contributed by atoms with Crippen LogP contribution in [-0.4, -0.2) is 0 Å². The van der Waals surface area contributed by atoms with Gasteiger partial charge in [0.1, 0.15) is 0 Å². The Morgan fingerprint density at radius 2 is 1.07 bits per heavy atom. The van der Waals surface area contributed by atoms with Crippen LogP contribution in [0.5, 0.6) is 0 Å². The van der Waals surface area contributed by atoms with Gasteiger partial charge in [0, 0.05) is 0 Å². The highest BCUT2D eigenvalue weighted by molar-refractivity contribution is 6.24. The van der Waals surface area contributed by atoms with Gasteiger partial charge in [0.25, 0.3) is 0 Å². The van der Waals surface area contributed by atoms with Crippen molar-refractivity contribution in [3.8, 4) is 0 Å². The van der Waals surface area contributed by atoms with Crippen molar-refractivity contribution in [3.63, 3.8) is 0 Å². The maximum absolute atomic E-state index is 2.27. The van der Waals surface area contributed by atoms with E-state index in [1.54, 1.807) is 0 Å². The second kappa shape index (κ2) is 5.94. The van der Waals surface area contributed by atoms with E-state index < -0.39 is 0 Å². The molecule has 0 saturated heterocycles. The fourth-order valence-electron chi connectivity index (χ4n) is 4.40. The topological polar surface area (TPSA) is 0 Å². The van der Waals surface area contributed by atoms with Gasteiger partial charge in [-0.1, -0.05) is 103 Å². The first-order valence-corrected chi connectivity index (χ1v) is 9.70. The molecule has 0 atom stereocenters. The van der Waals surface area contributed by atoms with Gasteiger partial charge in [0.15, 0.2) is 0 Å². The third-order valence-electron chi connectivity index (χ3n) is 5.79. The molecule has 0 radical (unpaired) electrons. The normalized spacial score (nSPS) is 12.1.